The fraction of sp³-hybridized carbons (Fsp3) is 0.636. The highest BCUT2D eigenvalue weighted by Gasteiger charge is 2.21. The van der Waals surface area contributed by atoms with Crippen LogP contribution in [0.15, 0.2) is 35.3 Å². The Morgan fingerprint density at radius 1 is 1.27 bits per heavy atom. The molecule has 1 heterocycles. The molecule has 0 aliphatic carbocycles. The Balaban J connectivity index is 0.00000450. The third-order valence-electron chi connectivity index (χ3n) is 5.46. The Morgan fingerprint density at radius 2 is 1.93 bits per heavy atom. The van der Waals surface area contributed by atoms with Gasteiger partial charge in [-0.2, -0.15) is 0 Å². The Hall–Kier alpha value is -1.39. The highest BCUT2D eigenvalue weighted by Crippen LogP contribution is 2.10. The number of nitrogens with zero attached hydrogens (tertiary/aromatic N) is 3. The number of hydrogen-bond donors (Lipinski definition) is 3. The van der Waals surface area contributed by atoms with Crippen molar-refractivity contribution < 1.29 is 4.79 Å². The molecular formula is C22H39IN6O. The maximum absolute atomic E-state index is 11.5. The first-order valence-corrected chi connectivity index (χ1v) is 10.7. The van der Waals surface area contributed by atoms with Crippen LogP contribution >= 0.6 is 24.0 Å². The van der Waals surface area contributed by atoms with E-state index in [0.29, 0.717) is 18.6 Å². The summed E-state index contributed by atoms with van der Waals surface area (Å²) in [6.45, 7) is 9.17. The summed E-state index contributed by atoms with van der Waals surface area (Å²) in [4.78, 5) is 20.9. The maximum Gasteiger partial charge on any atom is 0.233 e. The van der Waals surface area contributed by atoms with E-state index in [4.69, 9.17) is 4.99 Å². The molecule has 1 unspecified atom stereocenters. The number of carbonyl (C=O) groups excluding carboxylic acids is 1. The summed E-state index contributed by atoms with van der Waals surface area (Å²) in [6, 6.07) is 11.3. The van der Waals surface area contributed by atoms with Crippen LogP contribution < -0.4 is 16.0 Å². The molecule has 1 aromatic rings. The largest absolute Gasteiger partial charge is 0.358 e. The fourth-order valence-corrected chi connectivity index (χ4v) is 3.42. The number of guanidine groups is 1. The predicted octanol–water partition coefficient (Wildman–Crippen LogP) is 1.89. The van der Waals surface area contributed by atoms with Gasteiger partial charge >= 0.3 is 0 Å². The van der Waals surface area contributed by atoms with Gasteiger partial charge < -0.3 is 16.0 Å². The smallest absolute Gasteiger partial charge is 0.233 e. The van der Waals surface area contributed by atoms with E-state index in [-0.39, 0.29) is 29.9 Å². The van der Waals surface area contributed by atoms with Gasteiger partial charge in [0.05, 0.1) is 13.1 Å². The topological polar surface area (TPSA) is 72.0 Å². The highest BCUT2D eigenvalue weighted by molar-refractivity contribution is 14.0. The molecule has 1 aliphatic heterocycles. The minimum atomic E-state index is 0. The summed E-state index contributed by atoms with van der Waals surface area (Å²) >= 11 is 0. The number of nitrogens with one attached hydrogen (secondary N) is 3. The summed E-state index contributed by atoms with van der Waals surface area (Å²) in [5.41, 5.74) is 1.32. The Morgan fingerprint density at radius 3 is 2.53 bits per heavy atom. The lowest BCUT2D eigenvalue weighted by atomic mass is 10.1. The number of rotatable bonds is 9. The molecule has 1 aliphatic rings. The standard InChI is InChI=1S/C22H38N6O.HI/c1-5-24-22(26-20-11-13-28(14-12-20)17-21(29)23-3)25-15-18(2)27(4)16-19-9-7-6-8-10-19;/h6-10,18,20H,5,11-17H2,1-4H3,(H,23,29)(H2,24,25,26);1H. The summed E-state index contributed by atoms with van der Waals surface area (Å²) in [6.07, 6.45) is 2.04. The molecule has 8 heteroatoms. The van der Waals surface area contributed by atoms with Gasteiger partial charge in [-0.1, -0.05) is 30.3 Å². The van der Waals surface area contributed by atoms with Crippen molar-refractivity contribution >= 4 is 35.8 Å². The van der Waals surface area contributed by atoms with Crippen molar-refractivity contribution in [2.75, 3.05) is 46.8 Å². The third-order valence-corrected chi connectivity index (χ3v) is 5.46. The molecule has 7 nitrogen and oxygen atoms in total. The van der Waals surface area contributed by atoms with E-state index in [9.17, 15) is 4.79 Å². The molecule has 0 aromatic heterocycles. The van der Waals surface area contributed by atoms with Gasteiger partial charge in [0.1, 0.15) is 0 Å². The molecule has 170 valence electrons. The van der Waals surface area contributed by atoms with Crippen molar-refractivity contribution in [3.63, 3.8) is 0 Å². The number of likely N-dealkylation sites (N-methyl/N-ethyl adjacent to an activating group) is 2. The predicted molar refractivity (Wildman–Crippen MR) is 135 cm³/mol. The van der Waals surface area contributed by atoms with Crippen molar-refractivity contribution in [2.45, 2.75) is 45.3 Å². The monoisotopic (exact) mass is 530 g/mol. The second-order valence-electron chi connectivity index (χ2n) is 7.84. The summed E-state index contributed by atoms with van der Waals surface area (Å²) in [7, 11) is 3.84. The average molecular weight is 530 g/mol. The second-order valence-corrected chi connectivity index (χ2v) is 7.84. The zero-order valence-corrected chi connectivity index (χ0v) is 21.2. The van der Waals surface area contributed by atoms with Crippen LogP contribution in [-0.4, -0.2) is 80.6 Å². The van der Waals surface area contributed by atoms with Gasteiger partial charge in [0.15, 0.2) is 5.96 Å². The lowest BCUT2D eigenvalue weighted by Gasteiger charge is -2.32. The Bertz CT molecular complexity index is 634. The van der Waals surface area contributed by atoms with Crippen molar-refractivity contribution in [1.82, 2.24) is 25.8 Å². The van der Waals surface area contributed by atoms with Crippen LogP contribution in [0, 0.1) is 0 Å². The molecule has 0 radical (unpaired) electrons. The van der Waals surface area contributed by atoms with E-state index >= 15 is 0 Å². The molecule has 0 bridgehead atoms. The van der Waals surface area contributed by atoms with E-state index < -0.39 is 0 Å². The van der Waals surface area contributed by atoms with E-state index in [1.54, 1.807) is 7.05 Å². The lowest BCUT2D eigenvalue weighted by molar-refractivity contribution is -0.122. The fourth-order valence-electron chi connectivity index (χ4n) is 3.42. The molecule has 0 spiro atoms. The van der Waals surface area contributed by atoms with Gasteiger partial charge in [-0.15, -0.1) is 24.0 Å². The zero-order valence-electron chi connectivity index (χ0n) is 18.9. The Labute approximate surface area is 199 Å². The van der Waals surface area contributed by atoms with Crippen molar-refractivity contribution in [1.29, 1.82) is 0 Å². The van der Waals surface area contributed by atoms with Crippen LogP contribution in [0.3, 0.4) is 0 Å². The van der Waals surface area contributed by atoms with Crippen LogP contribution in [0.1, 0.15) is 32.3 Å². The molecule has 2 rings (SSSR count). The summed E-state index contributed by atoms with van der Waals surface area (Å²) in [5, 5.41) is 9.65. The molecular weight excluding hydrogens is 491 g/mol. The highest BCUT2D eigenvalue weighted by atomic mass is 127. The van der Waals surface area contributed by atoms with Crippen LogP contribution in [0.5, 0.6) is 0 Å². The van der Waals surface area contributed by atoms with Crippen molar-refractivity contribution in [3.8, 4) is 0 Å². The van der Waals surface area contributed by atoms with Gasteiger partial charge in [-0.25, -0.2) is 0 Å². The molecule has 1 fully saturated rings. The summed E-state index contributed by atoms with van der Waals surface area (Å²) < 4.78 is 0. The second kappa shape index (κ2) is 14.6. The van der Waals surface area contributed by atoms with E-state index in [0.717, 1.165) is 51.5 Å². The van der Waals surface area contributed by atoms with Crippen LogP contribution in [-0.2, 0) is 11.3 Å². The zero-order chi connectivity index (χ0) is 21.1. The first-order chi connectivity index (χ1) is 14.0. The average Bonchev–Trinajstić information content (AvgIpc) is 2.73. The van der Waals surface area contributed by atoms with Gasteiger partial charge in [0, 0.05) is 45.3 Å². The Kier molecular flexibility index (Phi) is 13.0. The lowest BCUT2D eigenvalue weighted by Crippen LogP contribution is -2.50. The number of benzene rings is 1. The number of carbonyl (C=O) groups is 1. The summed E-state index contributed by atoms with van der Waals surface area (Å²) in [5.74, 6) is 0.970. The maximum atomic E-state index is 11.5. The quantitative estimate of drug-likeness (QED) is 0.259. The molecule has 1 amide bonds. The number of halogens is 1. The number of amides is 1. The van der Waals surface area contributed by atoms with Gasteiger partial charge in [0.2, 0.25) is 5.91 Å². The molecule has 30 heavy (non-hydrogen) atoms. The minimum absolute atomic E-state index is 0. The third kappa shape index (κ3) is 9.61. The molecule has 0 saturated carbocycles. The first-order valence-electron chi connectivity index (χ1n) is 10.7. The number of aliphatic imine (C=N–C) groups is 1. The van der Waals surface area contributed by atoms with Gasteiger partial charge in [-0.3, -0.25) is 19.6 Å². The number of hydrogen-bond acceptors (Lipinski definition) is 4. The van der Waals surface area contributed by atoms with Gasteiger partial charge in [-0.05, 0) is 39.3 Å². The molecule has 1 atom stereocenters. The minimum Gasteiger partial charge on any atom is -0.358 e. The van der Waals surface area contributed by atoms with E-state index in [1.807, 2.05) is 0 Å². The molecule has 1 aromatic carbocycles. The van der Waals surface area contributed by atoms with Crippen molar-refractivity contribution in [3.05, 3.63) is 35.9 Å². The normalized spacial score (nSPS) is 16.6. The van der Waals surface area contributed by atoms with Gasteiger partial charge in [0.25, 0.3) is 0 Å². The van der Waals surface area contributed by atoms with Crippen LogP contribution in [0.4, 0.5) is 0 Å². The SMILES string of the molecule is CCNC(=NCC(C)N(C)Cc1ccccc1)NC1CCN(CC(=O)NC)CC1.I. The first kappa shape index (κ1) is 26.6. The number of piperidine rings is 1. The van der Waals surface area contributed by atoms with E-state index in [1.165, 1.54) is 5.56 Å². The van der Waals surface area contributed by atoms with Crippen LogP contribution in [0.2, 0.25) is 0 Å². The molecule has 3 N–H and O–H groups in total. The van der Waals surface area contributed by atoms with Crippen molar-refractivity contribution in [2.24, 2.45) is 4.99 Å². The molecule has 1 saturated heterocycles. The van der Waals surface area contributed by atoms with Crippen LogP contribution in [0.25, 0.3) is 0 Å². The number of likely N-dealkylation sites (tertiary alicyclic amines) is 1. The van der Waals surface area contributed by atoms with E-state index in [2.05, 4.69) is 77.0 Å².